The van der Waals surface area contributed by atoms with Gasteiger partial charge in [0.25, 0.3) is 5.69 Å². The molecular weight excluding hydrogens is 353 g/mol. The number of hydrogen-bond donors (Lipinski definition) is 4. The van der Waals surface area contributed by atoms with Crippen molar-refractivity contribution in [2.24, 2.45) is 0 Å². The molecule has 4 N–H and O–H groups in total. The van der Waals surface area contributed by atoms with Gasteiger partial charge in [0.15, 0.2) is 10.2 Å². The lowest BCUT2D eigenvalue weighted by Crippen LogP contribution is -2.45. The van der Waals surface area contributed by atoms with Crippen LogP contribution in [0.4, 0.5) is 21.5 Å². The molecule has 2 aromatic carbocycles. The van der Waals surface area contributed by atoms with E-state index in [0.29, 0.717) is 5.69 Å². The Labute approximate surface area is 147 Å². The number of nitrogens with zero attached hydrogens (tertiary/aromatic N) is 1. The van der Waals surface area contributed by atoms with Gasteiger partial charge in [-0.3, -0.25) is 21.0 Å². The fourth-order valence-electron chi connectivity index (χ4n) is 1.66. The molecule has 0 saturated carbocycles. The summed E-state index contributed by atoms with van der Waals surface area (Å²) in [6.45, 7) is 0. The Morgan fingerprint density at radius 3 is 2.12 bits per heavy atom. The first-order valence-electron chi connectivity index (χ1n) is 6.58. The minimum Gasteiger partial charge on any atom is -0.331 e. The molecule has 0 atom stereocenters. The Bertz CT molecular complexity index is 770. The van der Waals surface area contributed by atoms with Crippen LogP contribution in [0.1, 0.15) is 0 Å². The van der Waals surface area contributed by atoms with Crippen molar-refractivity contribution in [2.75, 3.05) is 10.6 Å². The number of anilines is 2. The third-order valence-electron chi connectivity index (χ3n) is 2.75. The zero-order valence-electron chi connectivity index (χ0n) is 12.1. The molecule has 0 aliphatic rings. The average Bonchev–Trinajstić information content (AvgIpc) is 2.55. The largest absolute Gasteiger partial charge is 0.331 e. The van der Waals surface area contributed by atoms with Crippen LogP contribution in [-0.4, -0.2) is 15.1 Å². The molecule has 2 aromatic rings. The summed E-state index contributed by atoms with van der Waals surface area (Å²) in [4.78, 5) is 10.1. The van der Waals surface area contributed by atoms with E-state index in [1.165, 1.54) is 36.4 Å². The molecular formula is C14H12FN5O2S2. The topological polar surface area (TPSA) is 91.3 Å². The van der Waals surface area contributed by atoms with Crippen LogP contribution in [0.15, 0.2) is 48.5 Å². The van der Waals surface area contributed by atoms with Crippen LogP contribution in [0, 0.1) is 15.9 Å². The van der Waals surface area contributed by atoms with Gasteiger partial charge in [0.1, 0.15) is 5.82 Å². The van der Waals surface area contributed by atoms with Crippen LogP contribution < -0.4 is 21.5 Å². The highest BCUT2D eigenvalue weighted by atomic mass is 32.1. The van der Waals surface area contributed by atoms with Gasteiger partial charge in [0, 0.05) is 17.8 Å². The fourth-order valence-corrected chi connectivity index (χ4v) is 1.99. The van der Waals surface area contributed by atoms with Crippen molar-refractivity contribution in [2.45, 2.75) is 0 Å². The van der Waals surface area contributed by atoms with Crippen LogP contribution in [0.2, 0.25) is 0 Å². The predicted octanol–water partition coefficient (Wildman–Crippen LogP) is 2.92. The Morgan fingerprint density at radius 1 is 0.958 bits per heavy atom. The van der Waals surface area contributed by atoms with Crippen molar-refractivity contribution in [1.82, 2.24) is 10.9 Å². The normalized spacial score (nSPS) is 9.71. The zero-order chi connectivity index (χ0) is 17.5. The molecule has 0 aromatic heterocycles. The minimum atomic E-state index is -0.491. The number of nitro groups is 1. The Hall–Kier alpha value is -2.85. The van der Waals surface area contributed by atoms with E-state index in [0.717, 1.165) is 0 Å². The quantitative estimate of drug-likeness (QED) is 0.375. The number of halogens is 1. The van der Waals surface area contributed by atoms with Crippen LogP contribution in [0.3, 0.4) is 0 Å². The summed E-state index contributed by atoms with van der Waals surface area (Å²) in [7, 11) is 0. The van der Waals surface area contributed by atoms with Crippen molar-refractivity contribution in [3.05, 3.63) is 64.5 Å². The minimum absolute atomic E-state index is 0.0205. The van der Waals surface area contributed by atoms with Crippen LogP contribution in [0.25, 0.3) is 0 Å². The van der Waals surface area contributed by atoms with Gasteiger partial charge in [-0.05, 0) is 48.7 Å². The molecule has 0 saturated heterocycles. The predicted molar refractivity (Wildman–Crippen MR) is 98.2 cm³/mol. The maximum absolute atomic E-state index is 13.5. The lowest BCUT2D eigenvalue weighted by atomic mass is 10.3. The first-order valence-corrected chi connectivity index (χ1v) is 7.40. The second-order valence-corrected chi connectivity index (χ2v) is 5.26. The highest BCUT2D eigenvalue weighted by Gasteiger charge is 2.06. The number of hydrazine groups is 1. The number of para-hydroxylation sites is 1. The van der Waals surface area contributed by atoms with E-state index < -0.39 is 10.7 Å². The van der Waals surface area contributed by atoms with E-state index in [2.05, 4.69) is 21.5 Å². The number of hydrogen-bond acceptors (Lipinski definition) is 4. The van der Waals surface area contributed by atoms with Crippen molar-refractivity contribution >= 4 is 51.7 Å². The average molecular weight is 365 g/mol. The van der Waals surface area contributed by atoms with Crippen LogP contribution >= 0.6 is 24.4 Å². The standard InChI is InChI=1S/C14H12FN5O2S2/c15-11-3-1-2-4-12(11)17-14(24)19-18-13(23)16-9-5-7-10(8-6-9)20(21)22/h1-8H,(H2,16,18,23)(H2,17,19,24). The van der Waals surface area contributed by atoms with E-state index in [1.807, 2.05) is 0 Å². The monoisotopic (exact) mass is 365 g/mol. The van der Waals surface area contributed by atoms with E-state index >= 15 is 0 Å². The molecule has 0 aliphatic carbocycles. The molecule has 10 heteroatoms. The molecule has 0 radical (unpaired) electrons. The second-order valence-electron chi connectivity index (χ2n) is 4.44. The Kier molecular flexibility index (Phi) is 5.93. The van der Waals surface area contributed by atoms with E-state index in [4.69, 9.17) is 24.4 Å². The van der Waals surface area contributed by atoms with Gasteiger partial charge in [-0.1, -0.05) is 12.1 Å². The maximum Gasteiger partial charge on any atom is 0.269 e. The van der Waals surface area contributed by atoms with Crippen LogP contribution in [-0.2, 0) is 0 Å². The van der Waals surface area contributed by atoms with Gasteiger partial charge in [-0.25, -0.2) is 4.39 Å². The van der Waals surface area contributed by atoms with Crippen molar-refractivity contribution in [1.29, 1.82) is 0 Å². The number of rotatable bonds is 3. The highest BCUT2D eigenvalue weighted by molar-refractivity contribution is 7.81. The number of non-ortho nitro benzene ring substituents is 1. The summed E-state index contributed by atoms with van der Waals surface area (Å²) >= 11 is 10.1. The molecule has 0 spiro atoms. The van der Waals surface area contributed by atoms with Gasteiger partial charge < -0.3 is 10.6 Å². The first kappa shape index (κ1) is 17.5. The molecule has 0 heterocycles. The Morgan fingerprint density at radius 2 is 1.54 bits per heavy atom. The molecule has 2 rings (SSSR count). The lowest BCUT2D eigenvalue weighted by Gasteiger charge is -2.14. The fraction of sp³-hybridized carbons (Fsp3) is 0. The second kappa shape index (κ2) is 8.13. The molecule has 24 heavy (non-hydrogen) atoms. The number of nitrogens with one attached hydrogen (secondary N) is 4. The molecule has 0 aliphatic heterocycles. The van der Waals surface area contributed by atoms with Gasteiger partial charge in [-0.15, -0.1) is 0 Å². The number of nitro benzene ring substituents is 1. The molecule has 0 unspecified atom stereocenters. The van der Waals surface area contributed by atoms with Gasteiger partial charge in [0.05, 0.1) is 10.6 Å². The number of benzene rings is 2. The third-order valence-corrected chi connectivity index (χ3v) is 3.16. The Balaban J connectivity index is 1.81. The van der Waals surface area contributed by atoms with Crippen molar-refractivity contribution in [3.63, 3.8) is 0 Å². The van der Waals surface area contributed by atoms with E-state index in [1.54, 1.807) is 12.1 Å². The van der Waals surface area contributed by atoms with Gasteiger partial charge in [0.2, 0.25) is 0 Å². The zero-order valence-corrected chi connectivity index (χ0v) is 13.7. The first-order chi connectivity index (χ1) is 11.5. The summed E-state index contributed by atoms with van der Waals surface area (Å²) in [5.74, 6) is -0.437. The SMILES string of the molecule is O=[N+]([O-])c1ccc(NC(=S)NNC(=S)Nc2ccccc2F)cc1. The highest BCUT2D eigenvalue weighted by Crippen LogP contribution is 2.15. The molecule has 0 amide bonds. The summed E-state index contributed by atoms with van der Waals surface area (Å²) in [6.07, 6.45) is 0. The molecule has 7 nitrogen and oxygen atoms in total. The smallest absolute Gasteiger partial charge is 0.269 e. The van der Waals surface area contributed by atoms with Crippen LogP contribution in [0.5, 0.6) is 0 Å². The van der Waals surface area contributed by atoms with E-state index in [9.17, 15) is 14.5 Å². The summed E-state index contributed by atoms with van der Waals surface area (Å²) in [5.41, 5.74) is 5.99. The van der Waals surface area contributed by atoms with Crippen molar-refractivity contribution in [3.8, 4) is 0 Å². The lowest BCUT2D eigenvalue weighted by molar-refractivity contribution is -0.384. The summed E-state index contributed by atoms with van der Waals surface area (Å²) in [6, 6.07) is 11.8. The van der Waals surface area contributed by atoms with Gasteiger partial charge >= 0.3 is 0 Å². The van der Waals surface area contributed by atoms with Gasteiger partial charge in [-0.2, -0.15) is 0 Å². The summed E-state index contributed by atoms with van der Waals surface area (Å²) in [5, 5.41) is 16.4. The summed E-state index contributed by atoms with van der Waals surface area (Å²) < 4.78 is 13.5. The molecule has 0 bridgehead atoms. The maximum atomic E-state index is 13.5. The molecule has 0 fully saturated rings. The number of thiocarbonyl (C=S) groups is 2. The third kappa shape index (κ3) is 5.11. The van der Waals surface area contributed by atoms with E-state index in [-0.39, 0.29) is 21.6 Å². The molecule has 124 valence electrons. The van der Waals surface area contributed by atoms with Crippen molar-refractivity contribution < 1.29 is 9.31 Å².